The number of methoxy groups -OCH3 is 3. The van der Waals surface area contributed by atoms with Gasteiger partial charge in [-0.1, -0.05) is 0 Å². The summed E-state index contributed by atoms with van der Waals surface area (Å²) in [5.41, 5.74) is 1.98. The van der Waals surface area contributed by atoms with Gasteiger partial charge in [0.2, 0.25) is 11.7 Å². The minimum absolute atomic E-state index is 0.0658. The Kier molecular flexibility index (Phi) is 5.55. The number of carbonyl (C=O) groups excluding carboxylic acids is 1. The van der Waals surface area contributed by atoms with E-state index in [2.05, 4.69) is 30.2 Å². The maximum Gasteiger partial charge on any atom is 0.229 e. The largest absolute Gasteiger partial charge is 0.493 e. The first-order valence-electron chi connectivity index (χ1n) is 9.64. The fraction of sp³-hybridized carbons (Fsp3) is 0.400. The highest BCUT2D eigenvalue weighted by molar-refractivity contribution is 5.94. The van der Waals surface area contributed by atoms with Gasteiger partial charge in [0, 0.05) is 30.9 Å². The fourth-order valence-electron chi connectivity index (χ4n) is 3.77. The molecule has 10 nitrogen and oxygen atoms in total. The predicted molar refractivity (Wildman–Crippen MR) is 111 cm³/mol. The van der Waals surface area contributed by atoms with Crippen LogP contribution in [0.25, 0.3) is 11.2 Å². The molecule has 1 fully saturated rings. The number of carbonyl (C=O) groups is 1. The first-order chi connectivity index (χ1) is 14.6. The molecule has 0 spiro atoms. The Morgan fingerprint density at radius 3 is 2.60 bits per heavy atom. The van der Waals surface area contributed by atoms with E-state index in [9.17, 15) is 4.79 Å². The lowest BCUT2D eigenvalue weighted by Crippen LogP contribution is -2.41. The lowest BCUT2D eigenvalue weighted by molar-refractivity contribution is -0.120. The van der Waals surface area contributed by atoms with Crippen LogP contribution in [-0.4, -0.2) is 60.3 Å². The van der Waals surface area contributed by atoms with E-state index in [-0.39, 0.29) is 11.8 Å². The van der Waals surface area contributed by atoms with Crippen LogP contribution in [0.3, 0.4) is 0 Å². The van der Waals surface area contributed by atoms with E-state index >= 15 is 0 Å². The van der Waals surface area contributed by atoms with Crippen LogP contribution in [0.2, 0.25) is 0 Å². The lowest BCUT2D eigenvalue weighted by Gasteiger charge is -2.32. The summed E-state index contributed by atoms with van der Waals surface area (Å²) in [6.07, 6.45) is 4.77. The van der Waals surface area contributed by atoms with Gasteiger partial charge in [0.1, 0.15) is 11.8 Å². The highest BCUT2D eigenvalue weighted by atomic mass is 16.5. The average molecular weight is 412 g/mol. The molecule has 1 aliphatic heterocycles. The van der Waals surface area contributed by atoms with Gasteiger partial charge in [-0.05, 0) is 12.8 Å². The molecule has 0 bridgehead atoms. The third-order valence-corrected chi connectivity index (χ3v) is 5.23. The van der Waals surface area contributed by atoms with Gasteiger partial charge in [0.05, 0.1) is 33.6 Å². The standard InChI is InChI=1S/C20H24N6O4/c1-28-14-7-13(8-15(29-2)17(14)30-3)25-20(27)12-5-4-6-26(9-12)19-16-18(22-10-21-16)23-11-24-19/h7-8,10-12H,4-6,9H2,1-3H3,(H,25,27)(H,21,22,23,24)/t12-/m0/s1. The zero-order chi connectivity index (χ0) is 21.1. The summed E-state index contributed by atoms with van der Waals surface area (Å²) >= 11 is 0. The van der Waals surface area contributed by atoms with Crippen molar-refractivity contribution < 1.29 is 19.0 Å². The number of benzene rings is 1. The maximum absolute atomic E-state index is 13.0. The van der Waals surface area contributed by atoms with E-state index in [4.69, 9.17) is 14.2 Å². The minimum Gasteiger partial charge on any atom is -0.493 e. The molecular weight excluding hydrogens is 388 g/mol. The van der Waals surface area contributed by atoms with E-state index < -0.39 is 0 Å². The van der Waals surface area contributed by atoms with Gasteiger partial charge in [-0.15, -0.1) is 0 Å². The molecule has 2 aromatic heterocycles. The van der Waals surface area contributed by atoms with Crippen LogP contribution in [0.5, 0.6) is 17.2 Å². The summed E-state index contributed by atoms with van der Waals surface area (Å²) in [6.45, 7) is 1.38. The second-order valence-electron chi connectivity index (χ2n) is 6.99. The summed E-state index contributed by atoms with van der Waals surface area (Å²) in [7, 11) is 4.62. The first-order valence-corrected chi connectivity index (χ1v) is 9.64. The smallest absolute Gasteiger partial charge is 0.229 e. The van der Waals surface area contributed by atoms with Crippen LogP contribution in [0.4, 0.5) is 11.5 Å². The van der Waals surface area contributed by atoms with Crippen molar-refractivity contribution in [1.29, 1.82) is 0 Å². The van der Waals surface area contributed by atoms with Gasteiger partial charge in [0.15, 0.2) is 23.0 Å². The molecule has 2 N–H and O–H groups in total. The summed E-state index contributed by atoms with van der Waals surface area (Å²) in [5.74, 6) is 1.96. The molecule has 1 amide bonds. The number of nitrogens with one attached hydrogen (secondary N) is 2. The Labute approximate surface area is 173 Å². The number of nitrogens with zero attached hydrogens (tertiary/aromatic N) is 4. The number of rotatable bonds is 6. The van der Waals surface area contributed by atoms with E-state index in [1.54, 1.807) is 39.8 Å². The zero-order valence-corrected chi connectivity index (χ0v) is 17.1. The number of aromatic nitrogens is 4. The Morgan fingerprint density at radius 2 is 1.90 bits per heavy atom. The number of hydrogen-bond donors (Lipinski definition) is 2. The number of anilines is 2. The molecule has 3 aromatic rings. The second-order valence-corrected chi connectivity index (χ2v) is 6.99. The SMILES string of the molecule is COc1cc(NC(=O)[C@H]2CCCN(c3ncnc4nc[nH]c34)C2)cc(OC)c1OC. The third kappa shape index (κ3) is 3.68. The molecule has 3 heterocycles. The van der Waals surface area contributed by atoms with Gasteiger partial charge in [-0.3, -0.25) is 4.79 Å². The van der Waals surface area contributed by atoms with Crippen molar-refractivity contribution in [2.24, 2.45) is 5.92 Å². The van der Waals surface area contributed by atoms with Crippen LogP contribution in [0.1, 0.15) is 12.8 Å². The molecule has 0 unspecified atom stereocenters. The number of hydrogen-bond acceptors (Lipinski definition) is 8. The first kappa shape index (κ1) is 19.7. The van der Waals surface area contributed by atoms with Crippen molar-refractivity contribution in [2.45, 2.75) is 12.8 Å². The van der Waals surface area contributed by atoms with E-state index in [0.29, 0.717) is 35.1 Å². The molecule has 1 saturated heterocycles. The lowest BCUT2D eigenvalue weighted by atomic mass is 9.97. The fourth-order valence-corrected chi connectivity index (χ4v) is 3.77. The third-order valence-electron chi connectivity index (χ3n) is 5.23. The second kappa shape index (κ2) is 8.44. The zero-order valence-electron chi connectivity index (χ0n) is 17.1. The number of imidazole rings is 1. The topological polar surface area (TPSA) is 114 Å². The quantitative estimate of drug-likeness (QED) is 0.633. The van der Waals surface area contributed by atoms with Crippen molar-refractivity contribution in [3.8, 4) is 17.2 Å². The number of H-pyrrole nitrogens is 1. The highest BCUT2D eigenvalue weighted by Crippen LogP contribution is 2.40. The van der Waals surface area contributed by atoms with Crippen molar-refractivity contribution >= 4 is 28.6 Å². The van der Waals surface area contributed by atoms with Gasteiger partial charge in [0.25, 0.3) is 0 Å². The van der Waals surface area contributed by atoms with Gasteiger partial charge in [-0.25, -0.2) is 15.0 Å². The minimum atomic E-state index is -0.189. The Hall–Kier alpha value is -3.56. The Balaban J connectivity index is 1.52. The van der Waals surface area contributed by atoms with Crippen molar-refractivity contribution in [3.63, 3.8) is 0 Å². The van der Waals surface area contributed by atoms with Crippen LogP contribution in [-0.2, 0) is 4.79 Å². The predicted octanol–water partition coefficient (Wildman–Crippen LogP) is 2.23. The molecule has 158 valence electrons. The van der Waals surface area contributed by atoms with Gasteiger partial charge < -0.3 is 29.4 Å². The molecule has 1 atom stereocenters. The van der Waals surface area contributed by atoms with Crippen molar-refractivity contribution in [3.05, 3.63) is 24.8 Å². The summed E-state index contributed by atoms with van der Waals surface area (Å²) < 4.78 is 16.1. The van der Waals surface area contributed by atoms with Crippen LogP contribution < -0.4 is 24.4 Å². The molecule has 0 aliphatic carbocycles. The van der Waals surface area contributed by atoms with Crippen LogP contribution in [0, 0.1) is 5.92 Å². The molecule has 0 radical (unpaired) electrons. The van der Waals surface area contributed by atoms with Crippen LogP contribution in [0.15, 0.2) is 24.8 Å². The maximum atomic E-state index is 13.0. The van der Waals surface area contributed by atoms with E-state index in [0.717, 1.165) is 30.7 Å². The molecule has 1 aromatic carbocycles. The Bertz CT molecular complexity index is 1030. The average Bonchev–Trinajstić information content (AvgIpc) is 3.27. The Morgan fingerprint density at radius 1 is 1.13 bits per heavy atom. The summed E-state index contributed by atoms with van der Waals surface area (Å²) in [4.78, 5) is 31.0. The normalized spacial score (nSPS) is 16.4. The van der Waals surface area contributed by atoms with Crippen molar-refractivity contribution in [2.75, 3.05) is 44.6 Å². The molecular formula is C20H24N6O4. The summed E-state index contributed by atoms with van der Waals surface area (Å²) in [5, 5.41) is 2.98. The number of amides is 1. The molecule has 4 rings (SSSR count). The highest BCUT2D eigenvalue weighted by Gasteiger charge is 2.28. The molecule has 30 heavy (non-hydrogen) atoms. The van der Waals surface area contributed by atoms with Gasteiger partial charge >= 0.3 is 0 Å². The number of aromatic amines is 1. The molecule has 1 aliphatic rings. The van der Waals surface area contributed by atoms with Gasteiger partial charge in [-0.2, -0.15) is 0 Å². The monoisotopic (exact) mass is 412 g/mol. The molecule has 0 saturated carbocycles. The van der Waals surface area contributed by atoms with Crippen molar-refractivity contribution in [1.82, 2.24) is 19.9 Å². The van der Waals surface area contributed by atoms with Crippen LogP contribution >= 0.6 is 0 Å². The number of ether oxygens (including phenoxy) is 3. The number of piperidine rings is 1. The van der Waals surface area contributed by atoms with E-state index in [1.807, 2.05) is 0 Å². The van der Waals surface area contributed by atoms with E-state index in [1.165, 1.54) is 6.33 Å². The number of fused-ring (bicyclic) bond motifs is 1. The molecule has 10 heteroatoms. The summed E-state index contributed by atoms with van der Waals surface area (Å²) in [6, 6.07) is 3.44.